The molecule has 1 aromatic carbocycles. The number of halogens is 1. The van der Waals surface area contributed by atoms with Crippen LogP contribution < -0.4 is 4.90 Å². The lowest BCUT2D eigenvalue weighted by atomic mass is 9.75. The van der Waals surface area contributed by atoms with Gasteiger partial charge in [0.1, 0.15) is 5.82 Å². The molecular formula is C19H22ClN3O2. The van der Waals surface area contributed by atoms with Crippen LogP contribution in [0.4, 0.5) is 5.82 Å². The molecule has 0 amide bonds. The molecule has 25 heavy (non-hydrogen) atoms. The van der Waals surface area contributed by atoms with Crippen LogP contribution in [0.3, 0.4) is 0 Å². The quantitative estimate of drug-likeness (QED) is 0.902. The Labute approximate surface area is 152 Å². The Balaban J connectivity index is 1.91. The smallest absolute Gasteiger partial charge is 0.311 e. The zero-order chi connectivity index (χ0) is 18.0. The second-order valence-electron chi connectivity index (χ2n) is 6.84. The molecule has 1 saturated heterocycles. The zero-order valence-corrected chi connectivity index (χ0v) is 15.3. The van der Waals surface area contributed by atoms with E-state index in [0.717, 1.165) is 35.7 Å². The normalized spacial score (nSPS) is 20.5. The Kier molecular flexibility index (Phi) is 4.95. The number of nitrogens with zero attached hydrogens (tertiary/aromatic N) is 3. The minimum Gasteiger partial charge on any atom is -0.481 e. The van der Waals surface area contributed by atoms with E-state index in [1.165, 1.54) is 0 Å². The van der Waals surface area contributed by atoms with E-state index in [0.29, 0.717) is 24.4 Å². The van der Waals surface area contributed by atoms with Crippen LogP contribution in [-0.2, 0) is 11.2 Å². The van der Waals surface area contributed by atoms with Crippen molar-refractivity contribution in [1.29, 1.82) is 0 Å². The minimum atomic E-state index is -0.846. The standard InChI is InChI=1S/C19H22ClN3O2/c1-13-11-21-14(2)17(22-13)23-8-4-7-19(12-23,18(24)25)10-15-5-3-6-16(20)9-15/h3,5-6,9,11H,4,7-8,10,12H2,1-2H3,(H,24,25)/t19-/m0/s1. The number of aryl methyl sites for hydroxylation is 2. The molecule has 1 aliphatic heterocycles. The largest absolute Gasteiger partial charge is 0.481 e. The minimum absolute atomic E-state index is 0.424. The first-order chi connectivity index (χ1) is 11.9. The molecule has 0 spiro atoms. The number of aliphatic carboxylic acids is 1. The molecule has 1 N–H and O–H groups in total. The van der Waals surface area contributed by atoms with E-state index in [1.54, 1.807) is 12.3 Å². The van der Waals surface area contributed by atoms with E-state index < -0.39 is 11.4 Å². The van der Waals surface area contributed by atoms with Crippen molar-refractivity contribution in [3.8, 4) is 0 Å². The average molecular weight is 360 g/mol. The summed E-state index contributed by atoms with van der Waals surface area (Å²) < 4.78 is 0. The SMILES string of the molecule is Cc1cnc(C)c(N2CCC[C@@](Cc3cccc(Cl)c3)(C(=O)O)C2)n1. The summed E-state index contributed by atoms with van der Waals surface area (Å²) in [6, 6.07) is 7.46. The number of aromatic nitrogens is 2. The number of carboxylic acids is 1. The first-order valence-corrected chi connectivity index (χ1v) is 8.80. The van der Waals surface area contributed by atoms with Crippen molar-refractivity contribution >= 4 is 23.4 Å². The molecule has 132 valence electrons. The lowest BCUT2D eigenvalue weighted by Crippen LogP contribution is -2.49. The molecule has 6 heteroatoms. The molecule has 1 atom stereocenters. The third-order valence-corrected chi connectivity index (χ3v) is 5.05. The molecule has 5 nitrogen and oxygen atoms in total. The van der Waals surface area contributed by atoms with Gasteiger partial charge in [-0.1, -0.05) is 23.7 Å². The summed E-state index contributed by atoms with van der Waals surface area (Å²) in [6.45, 7) is 5.03. The highest BCUT2D eigenvalue weighted by Gasteiger charge is 2.43. The summed E-state index contributed by atoms with van der Waals surface area (Å²) in [5.74, 6) is 0.0202. The van der Waals surface area contributed by atoms with Gasteiger partial charge in [-0.25, -0.2) is 4.98 Å². The highest BCUT2D eigenvalue weighted by atomic mass is 35.5. The number of anilines is 1. The first-order valence-electron chi connectivity index (χ1n) is 8.43. The lowest BCUT2D eigenvalue weighted by Gasteiger charge is -2.41. The summed E-state index contributed by atoms with van der Waals surface area (Å²) in [6.07, 6.45) is 3.64. The van der Waals surface area contributed by atoms with Gasteiger partial charge >= 0.3 is 5.97 Å². The third-order valence-electron chi connectivity index (χ3n) is 4.81. The second kappa shape index (κ2) is 7.00. The maximum Gasteiger partial charge on any atom is 0.311 e. The summed E-state index contributed by atoms with van der Waals surface area (Å²) in [5.41, 5.74) is 1.76. The molecule has 0 bridgehead atoms. The average Bonchev–Trinajstić information content (AvgIpc) is 2.57. The van der Waals surface area contributed by atoms with Crippen LogP contribution in [0, 0.1) is 19.3 Å². The van der Waals surface area contributed by atoms with E-state index >= 15 is 0 Å². The van der Waals surface area contributed by atoms with Crippen LogP contribution in [0.1, 0.15) is 29.8 Å². The predicted molar refractivity (Wildman–Crippen MR) is 98.2 cm³/mol. The van der Waals surface area contributed by atoms with Crippen molar-refractivity contribution in [2.24, 2.45) is 5.41 Å². The summed E-state index contributed by atoms with van der Waals surface area (Å²) in [4.78, 5) is 23.2. The van der Waals surface area contributed by atoms with Gasteiger partial charge < -0.3 is 10.0 Å². The Morgan fingerprint density at radius 1 is 1.40 bits per heavy atom. The number of carboxylic acid groups (broad SMARTS) is 1. The number of piperidine rings is 1. The highest BCUT2D eigenvalue weighted by Crippen LogP contribution is 2.36. The van der Waals surface area contributed by atoms with Crippen molar-refractivity contribution in [2.75, 3.05) is 18.0 Å². The van der Waals surface area contributed by atoms with Crippen LogP contribution in [0.25, 0.3) is 0 Å². The van der Waals surface area contributed by atoms with Gasteiger partial charge in [-0.2, -0.15) is 0 Å². The number of benzene rings is 1. The van der Waals surface area contributed by atoms with E-state index in [1.807, 2.05) is 32.0 Å². The van der Waals surface area contributed by atoms with E-state index in [4.69, 9.17) is 11.6 Å². The van der Waals surface area contributed by atoms with Gasteiger partial charge in [-0.15, -0.1) is 0 Å². The maximum atomic E-state index is 12.2. The number of rotatable bonds is 4. The zero-order valence-electron chi connectivity index (χ0n) is 14.5. The fraction of sp³-hybridized carbons (Fsp3) is 0.421. The van der Waals surface area contributed by atoms with Crippen molar-refractivity contribution in [1.82, 2.24) is 9.97 Å². The van der Waals surface area contributed by atoms with Gasteiger partial charge in [0.05, 0.1) is 16.8 Å². The number of hydrogen-bond donors (Lipinski definition) is 1. The Morgan fingerprint density at radius 2 is 2.20 bits per heavy atom. The van der Waals surface area contributed by atoms with Crippen LogP contribution in [0.2, 0.25) is 5.02 Å². The summed E-state index contributed by atoms with van der Waals surface area (Å²) in [7, 11) is 0. The van der Waals surface area contributed by atoms with Gasteiger partial charge in [-0.05, 0) is 50.8 Å². The van der Waals surface area contributed by atoms with Crippen LogP contribution in [-0.4, -0.2) is 34.1 Å². The molecule has 1 fully saturated rings. The van der Waals surface area contributed by atoms with E-state index in [2.05, 4.69) is 14.9 Å². The topological polar surface area (TPSA) is 66.3 Å². The van der Waals surface area contributed by atoms with Crippen molar-refractivity contribution in [2.45, 2.75) is 33.1 Å². The molecule has 0 radical (unpaired) electrons. The molecule has 0 unspecified atom stereocenters. The molecule has 2 aromatic rings. The molecular weight excluding hydrogens is 338 g/mol. The summed E-state index contributed by atoms with van der Waals surface area (Å²) in [5, 5.41) is 10.6. The number of carbonyl (C=O) groups is 1. The molecule has 2 heterocycles. The lowest BCUT2D eigenvalue weighted by molar-refractivity contribution is -0.149. The van der Waals surface area contributed by atoms with Gasteiger partial charge in [0.2, 0.25) is 0 Å². The fourth-order valence-electron chi connectivity index (χ4n) is 3.57. The van der Waals surface area contributed by atoms with Gasteiger partial charge in [0.25, 0.3) is 0 Å². The Hall–Kier alpha value is -2.14. The predicted octanol–water partition coefficient (Wildman–Crippen LogP) is 3.66. The van der Waals surface area contributed by atoms with E-state index in [-0.39, 0.29) is 0 Å². The third kappa shape index (κ3) is 3.76. The van der Waals surface area contributed by atoms with Gasteiger partial charge in [0, 0.05) is 24.3 Å². The van der Waals surface area contributed by atoms with Crippen LogP contribution >= 0.6 is 11.6 Å². The maximum absolute atomic E-state index is 12.2. The molecule has 3 rings (SSSR count). The summed E-state index contributed by atoms with van der Waals surface area (Å²) >= 11 is 6.07. The molecule has 0 saturated carbocycles. The van der Waals surface area contributed by atoms with Crippen LogP contribution in [0.15, 0.2) is 30.5 Å². The number of hydrogen-bond acceptors (Lipinski definition) is 4. The second-order valence-corrected chi connectivity index (χ2v) is 7.27. The van der Waals surface area contributed by atoms with Crippen molar-refractivity contribution < 1.29 is 9.90 Å². The highest BCUT2D eigenvalue weighted by molar-refractivity contribution is 6.30. The first kappa shape index (κ1) is 17.7. The molecule has 1 aliphatic rings. The monoisotopic (exact) mass is 359 g/mol. The van der Waals surface area contributed by atoms with Gasteiger partial charge in [0.15, 0.2) is 0 Å². The van der Waals surface area contributed by atoms with Gasteiger partial charge in [-0.3, -0.25) is 9.78 Å². The molecule has 1 aromatic heterocycles. The van der Waals surface area contributed by atoms with Crippen LogP contribution in [0.5, 0.6) is 0 Å². The Morgan fingerprint density at radius 3 is 2.92 bits per heavy atom. The Bertz CT molecular complexity index is 796. The van der Waals surface area contributed by atoms with Crippen molar-refractivity contribution in [3.05, 3.63) is 52.4 Å². The van der Waals surface area contributed by atoms with Crippen molar-refractivity contribution in [3.63, 3.8) is 0 Å². The fourth-order valence-corrected chi connectivity index (χ4v) is 3.78. The molecule has 0 aliphatic carbocycles. The van der Waals surface area contributed by atoms with E-state index in [9.17, 15) is 9.90 Å².